The molecule has 2 aromatic rings. The van der Waals surface area contributed by atoms with Gasteiger partial charge >= 0.3 is 5.69 Å². The number of carbonyl (C=O) groups excluding carboxylic acids is 1. The van der Waals surface area contributed by atoms with Gasteiger partial charge in [0, 0.05) is 11.8 Å². The van der Waals surface area contributed by atoms with Crippen molar-refractivity contribution in [3.63, 3.8) is 0 Å². The van der Waals surface area contributed by atoms with Crippen molar-refractivity contribution >= 4 is 17.3 Å². The molecule has 108 valence electrons. The zero-order valence-electron chi connectivity index (χ0n) is 11.6. The molecule has 0 spiro atoms. The summed E-state index contributed by atoms with van der Waals surface area (Å²) in [4.78, 5) is 22.1. The van der Waals surface area contributed by atoms with Gasteiger partial charge in [-0.3, -0.25) is 14.9 Å². The molecule has 0 aliphatic rings. The molecule has 6 nitrogen and oxygen atoms in total. The van der Waals surface area contributed by atoms with Crippen LogP contribution in [0.3, 0.4) is 0 Å². The molecule has 6 heteroatoms. The quantitative estimate of drug-likeness (QED) is 0.669. The van der Waals surface area contributed by atoms with E-state index in [0.717, 1.165) is 17.2 Å². The molecule has 2 N–H and O–H groups in total. The monoisotopic (exact) mass is 286 g/mol. The van der Waals surface area contributed by atoms with Crippen LogP contribution in [0.15, 0.2) is 36.4 Å². The highest BCUT2D eigenvalue weighted by Crippen LogP contribution is 2.29. The van der Waals surface area contributed by atoms with Gasteiger partial charge in [0.05, 0.1) is 10.5 Å². The number of phenols is 1. The number of carbonyl (C=O) groups is 1. The van der Waals surface area contributed by atoms with Crippen molar-refractivity contribution in [1.29, 1.82) is 0 Å². The minimum atomic E-state index is -0.734. The Labute approximate surface area is 121 Å². The lowest BCUT2D eigenvalue weighted by atomic mass is 10.1. The topological polar surface area (TPSA) is 92.5 Å². The first-order valence-electron chi connectivity index (χ1n) is 6.25. The maximum absolute atomic E-state index is 12.1. The predicted molar refractivity (Wildman–Crippen MR) is 78.6 cm³/mol. The first-order chi connectivity index (χ1) is 9.90. The first-order valence-corrected chi connectivity index (χ1v) is 6.25. The summed E-state index contributed by atoms with van der Waals surface area (Å²) in [6.07, 6.45) is 0. The lowest BCUT2D eigenvalue weighted by molar-refractivity contribution is -0.385. The van der Waals surface area contributed by atoms with Crippen LogP contribution in [0.5, 0.6) is 5.75 Å². The van der Waals surface area contributed by atoms with Crippen molar-refractivity contribution in [3.8, 4) is 5.75 Å². The number of aryl methyl sites for hydroxylation is 2. The Morgan fingerprint density at radius 3 is 2.52 bits per heavy atom. The fraction of sp³-hybridized carbons (Fsp3) is 0.133. The number of para-hydroxylation sites is 1. The van der Waals surface area contributed by atoms with Crippen LogP contribution < -0.4 is 5.32 Å². The highest BCUT2D eigenvalue weighted by molar-refractivity contribution is 6.06. The number of hydrogen-bond acceptors (Lipinski definition) is 4. The van der Waals surface area contributed by atoms with Crippen LogP contribution in [0.25, 0.3) is 0 Å². The maximum Gasteiger partial charge on any atom is 0.311 e. The van der Waals surface area contributed by atoms with Crippen molar-refractivity contribution in [2.75, 3.05) is 5.32 Å². The van der Waals surface area contributed by atoms with E-state index in [1.54, 1.807) is 12.1 Å². The fourth-order valence-electron chi connectivity index (χ4n) is 1.88. The predicted octanol–water partition coefficient (Wildman–Crippen LogP) is 3.17. The number of nitro benzene ring substituents is 1. The van der Waals surface area contributed by atoms with Gasteiger partial charge < -0.3 is 10.4 Å². The van der Waals surface area contributed by atoms with Crippen LogP contribution in [0.1, 0.15) is 21.5 Å². The summed E-state index contributed by atoms with van der Waals surface area (Å²) < 4.78 is 0. The van der Waals surface area contributed by atoms with Gasteiger partial charge in [0.25, 0.3) is 5.91 Å². The molecular formula is C15H14N2O4. The molecule has 0 aromatic heterocycles. The van der Waals surface area contributed by atoms with Crippen LogP contribution in [-0.2, 0) is 0 Å². The average molecular weight is 286 g/mol. The van der Waals surface area contributed by atoms with E-state index >= 15 is 0 Å². The van der Waals surface area contributed by atoms with Crippen molar-refractivity contribution < 1.29 is 14.8 Å². The van der Waals surface area contributed by atoms with E-state index in [0.29, 0.717) is 5.69 Å². The summed E-state index contributed by atoms with van der Waals surface area (Å²) >= 11 is 0. The van der Waals surface area contributed by atoms with Crippen LogP contribution >= 0.6 is 0 Å². The van der Waals surface area contributed by atoms with Gasteiger partial charge in [-0.2, -0.15) is 0 Å². The first kappa shape index (κ1) is 14.5. The number of phenolic OH excluding ortho intramolecular Hbond substituents is 1. The van der Waals surface area contributed by atoms with Gasteiger partial charge in [0.15, 0.2) is 0 Å². The largest absolute Gasteiger partial charge is 0.502 e. The van der Waals surface area contributed by atoms with E-state index in [-0.39, 0.29) is 5.56 Å². The van der Waals surface area contributed by atoms with E-state index < -0.39 is 22.3 Å². The lowest BCUT2D eigenvalue weighted by Crippen LogP contribution is -2.12. The Morgan fingerprint density at radius 1 is 1.19 bits per heavy atom. The number of benzene rings is 2. The van der Waals surface area contributed by atoms with Gasteiger partial charge in [0.2, 0.25) is 5.75 Å². The van der Waals surface area contributed by atoms with E-state index in [1.165, 1.54) is 12.1 Å². The molecule has 0 saturated carbocycles. The van der Waals surface area contributed by atoms with Crippen LogP contribution in [0.4, 0.5) is 11.4 Å². The molecule has 0 unspecified atom stereocenters. The zero-order valence-corrected chi connectivity index (χ0v) is 11.6. The molecule has 0 saturated heterocycles. The Balaban J connectivity index is 2.30. The third kappa shape index (κ3) is 3.00. The van der Waals surface area contributed by atoms with Crippen molar-refractivity contribution in [1.82, 2.24) is 0 Å². The second-order valence-corrected chi connectivity index (χ2v) is 4.68. The van der Waals surface area contributed by atoms with Gasteiger partial charge in [0.1, 0.15) is 0 Å². The molecular weight excluding hydrogens is 272 g/mol. The summed E-state index contributed by atoms with van der Waals surface area (Å²) in [5.74, 6) is -1.23. The van der Waals surface area contributed by atoms with Crippen molar-refractivity contribution in [3.05, 3.63) is 63.2 Å². The number of nitro groups is 1. The summed E-state index contributed by atoms with van der Waals surface area (Å²) in [5.41, 5.74) is 2.03. The maximum atomic E-state index is 12.1. The third-order valence-corrected chi connectivity index (χ3v) is 3.22. The lowest BCUT2D eigenvalue weighted by Gasteiger charge is -2.08. The third-order valence-electron chi connectivity index (χ3n) is 3.22. The van der Waals surface area contributed by atoms with Crippen LogP contribution in [0, 0.1) is 24.0 Å². The smallest absolute Gasteiger partial charge is 0.311 e. The molecule has 1 amide bonds. The van der Waals surface area contributed by atoms with Gasteiger partial charge in [-0.05, 0) is 43.2 Å². The van der Waals surface area contributed by atoms with Gasteiger partial charge in [-0.25, -0.2) is 0 Å². The molecule has 0 aliphatic carbocycles. The number of hydrogen-bond donors (Lipinski definition) is 2. The fourth-order valence-corrected chi connectivity index (χ4v) is 1.88. The molecule has 0 bridgehead atoms. The molecule has 0 atom stereocenters. The van der Waals surface area contributed by atoms with E-state index in [2.05, 4.69) is 5.32 Å². The van der Waals surface area contributed by atoms with Gasteiger partial charge in [-0.1, -0.05) is 12.1 Å². The Kier molecular flexibility index (Phi) is 3.89. The average Bonchev–Trinajstić information content (AvgIpc) is 2.42. The van der Waals surface area contributed by atoms with E-state index in [4.69, 9.17) is 0 Å². The molecule has 0 aliphatic heterocycles. The summed E-state index contributed by atoms with van der Waals surface area (Å²) in [6.45, 7) is 3.86. The molecule has 21 heavy (non-hydrogen) atoms. The Hall–Kier alpha value is -2.89. The van der Waals surface area contributed by atoms with Crippen molar-refractivity contribution in [2.24, 2.45) is 0 Å². The highest BCUT2D eigenvalue weighted by atomic mass is 16.6. The number of anilines is 1. The number of aromatic hydroxyl groups is 1. The van der Waals surface area contributed by atoms with Crippen LogP contribution in [-0.4, -0.2) is 15.9 Å². The Bertz CT molecular complexity index is 726. The van der Waals surface area contributed by atoms with Gasteiger partial charge in [-0.15, -0.1) is 0 Å². The number of nitrogens with one attached hydrogen (secondary N) is 1. The van der Waals surface area contributed by atoms with E-state index in [9.17, 15) is 20.0 Å². The minimum absolute atomic E-state index is 0.137. The Morgan fingerprint density at radius 2 is 1.90 bits per heavy atom. The van der Waals surface area contributed by atoms with E-state index in [1.807, 2.05) is 19.9 Å². The molecule has 2 rings (SSSR count). The molecule has 0 fully saturated rings. The number of amides is 1. The summed E-state index contributed by atoms with van der Waals surface area (Å²) in [5, 5.41) is 23.2. The molecule has 0 heterocycles. The molecule has 2 aromatic carbocycles. The SMILES string of the molecule is Cc1ccc(NC(=O)c2cccc([N+](=O)[O-])c2O)cc1C. The summed E-state index contributed by atoms with van der Waals surface area (Å²) in [6, 6.07) is 9.21. The van der Waals surface area contributed by atoms with Crippen LogP contribution in [0.2, 0.25) is 0 Å². The second-order valence-electron chi connectivity index (χ2n) is 4.68. The number of rotatable bonds is 3. The standard InChI is InChI=1S/C15H14N2O4/c1-9-6-7-11(8-10(9)2)16-15(19)12-4-3-5-13(14(12)18)17(20)21/h3-8,18H,1-2H3,(H,16,19). The zero-order chi connectivity index (χ0) is 15.6. The second kappa shape index (κ2) is 5.62. The summed E-state index contributed by atoms with van der Waals surface area (Å²) in [7, 11) is 0. The molecule has 0 radical (unpaired) electrons. The normalized spacial score (nSPS) is 10.2. The number of nitrogens with zero attached hydrogens (tertiary/aromatic N) is 1. The minimum Gasteiger partial charge on any atom is -0.502 e. The van der Waals surface area contributed by atoms with Crippen molar-refractivity contribution in [2.45, 2.75) is 13.8 Å². The highest BCUT2D eigenvalue weighted by Gasteiger charge is 2.20.